The number of halogens is 2. The average molecular weight is 305 g/mol. The van der Waals surface area contributed by atoms with Crippen LogP contribution in [0.2, 0.25) is 0 Å². The molecule has 0 fully saturated rings. The largest absolute Gasteiger partial charge is 0.435 e. The highest BCUT2D eigenvalue weighted by molar-refractivity contribution is 6.04. The summed E-state index contributed by atoms with van der Waals surface area (Å²) in [5, 5.41) is 2.76. The van der Waals surface area contributed by atoms with Crippen molar-refractivity contribution in [3.63, 3.8) is 0 Å². The van der Waals surface area contributed by atoms with E-state index in [1.807, 2.05) is 24.3 Å². The predicted octanol–water partition coefficient (Wildman–Crippen LogP) is 4.66. The lowest BCUT2D eigenvalue weighted by Crippen LogP contribution is -2.12. The molecular formula is C17H17F2NO2. The van der Waals surface area contributed by atoms with Gasteiger partial charge < -0.3 is 10.1 Å². The molecule has 0 unspecified atom stereocenters. The van der Waals surface area contributed by atoms with E-state index in [0.717, 1.165) is 0 Å². The van der Waals surface area contributed by atoms with Crippen LogP contribution in [-0.2, 0) is 0 Å². The zero-order chi connectivity index (χ0) is 16.1. The van der Waals surface area contributed by atoms with Crippen LogP contribution >= 0.6 is 0 Å². The molecule has 2 rings (SSSR count). The molecule has 1 amide bonds. The number of ether oxygens (including phenoxy) is 1. The molecule has 0 aromatic heterocycles. The molecule has 0 atom stereocenters. The lowest BCUT2D eigenvalue weighted by Gasteiger charge is -2.09. The summed E-state index contributed by atoms with van der Waals surface area (Å²) < 4.78 is 28.3. The summed E-state index contributed by atoms with van der Waals surface area (Å²) in [4.78, 5) is 12.1. The van der Waals surface area contributed by atoms with Gasteiger partial charge in [-0.1, -0.05) is 26.0 Å². The van der Waals surface area contributed by atoms with Crippen molar-refractivity contribution in [1.82, 2.24) is 0 Å². The van der Waals surface area contributed by atoms with Gasteiger partial charge in [-0.3, -0.25) is 4.79 Å². The van der Waals surface area contributed by atoms with Gasteiger partial charge in [0.1, 0.15) is 5.75 Å². The van der Waals surface area contributed by atoms with Crippen LogP contribution in [0.5, 0.6) is 5.75 Å². The minimum atomic E-state index is -2.88. The van der Waals surface area contributed by atoms with Gasteiger partial charge >= 0.3 is 6.61 Å². The Balaban J connectivity index is 2.02. The molecule has 2 aromatic rings. The zero-order valence-corrected chi connectivity index (χ0v) is 12.3. The van der Waals surface area contributed by atoms with Gasteiger partial charge in [0.25, 0.3) is 5.91 Å². The van der Waals surface area contributed by atoms with E-state index in [-0.39, 0.29) is 11.7 Å². The Morgan fingerprint density at radius 1 is 1.00 bits per heavy atom. The topological polar surface area (TPSA) is 38.3 Å². The molecule has 22 heavy (non-hydrogen) atoms. The van der Waals surface area contributed by atoms with Gasteiger partial charge in [0.15, 0.2) is 0 Å². The number of rotatable bonds is 5. The van der Waals surface area contributed by atoms with Crippen LogP contribution in [-0.4, -0.2) is 12.5 Å². The van der Waals surface area contributed by atoms with E-state index < -0.39 is 6.61 Å². The molecule has 0 bridgehead atoms. The van der Waals surface area contributed by atoms with Gasteiger partial charge in [-0.2, -0.15) is 8.78 Å². The van der Waals surface area contributed by atoms with Crippen molar-refractivity contribution in [2.45, 2.75) is 26.4 Å². The summed E-state index contributed by atoms with van der Waals surface area (Å²) in [6.45, 7) is 1.31. The van der Waals surface area contributed by atoms with Gasteiger partial charge in [0, 0.05) is 11.3 Å². The average Bonchev–Trinajstić information content (AvgIpc) is 2.48. The van der Waals surface area contributed by atoms with Crippen LogP contribution in [0.1, 0.15) is 35.7 Å². The number of anilines is 1. The van der Waals surface area contributed by atoms with Crippen molar-refractivity contribution < 1.29 is 18.3 Å². The van der Waals surface area contributed by atoms with E-state index in [4.69, 9.17) is 0 Å². The molecule has 0 saturated heterocycles. The van der Waals surface area contributed by atoms with Crippen LogP contribution in [0.3, 0.4) is 0 Å². The first-order valence-corrected chi connectivity index (χ1v) is 6.92. The maximum Gasteiger partial charge on any atom is 0.387 e. The fourth-order valence-corrected chi connectivity index (χ4v) is 1.94. The first-order valence-electron chi connectivity index (χ1n) is 6.92. The summed E-state index contributed by atoms with van der Waals surface area (Å²) in [6, 6.07) is 13.1. The predicted molar refractivity (Wildman–Crippen MR) is 81.6 cm³/mol. The van der Waals surface area contributed by atoms with Crippen molar-refractivity contribution in [3.05, 3.63) is 59.7 Å². The molecule has 0 saturated carbocycles. The summed E-state index contributed by atoms with van der Waals surface area (Å²) >= 11 is 0. The quantitative estimate of drug-likeness (QED) is 0.872. The van der Waals surface area contributed by atoms with Crippen molar-refractivity contribution in [2.75, 3.05) is 5.32 Å². The molecule has 0 aliphatic heterocycles. The van der Waals surface area contributed by atoms with Gasteiger partial charge in [0.2, 0.25) is 0 Å². The molecule has 3 nitrogen and oxygen atoms in total. The lowest BCUT2D eigenvalue weighted by molar-refractivity contribution is -0.0498. The molecule has 116 valence electrons. The van der Waals surface area contributed by atoms with Gasteiger partial charge in [-0.25, -0.2) is 0 Å². The highest BCUT2D eigenvalue weighted by Gasteiger charge is 2.08. The number of hydrogen-bond acceptors (Lipinski definition) is 2. The van der Waals surface area contributed by atoms with E-state index in [2.05, 4.69) is 23.9 Å². The molecule has 0 heterocycles. The number of hydrogen-bond donors (Lipinski definition) is 1. The van der Waals surface area contributed by atoms with Crippen molar-refractivity contribution >= 4 is 11.6 Å². The van der Waals surface area contributed by atoms with Crippen molar-refractivity contribution in [1.29, 1.82) is 0 Å². The Morgan fingerprint density at radius 3 is 2.09 bits per heavy atom. The Hall–Kier alpha value is -2.43. The lowest BCUT2D eigenvalue weighted by atomic mass is 10.0. The summed E-state index contributed by atoms with van der Waals surface area (Å²) in [7, 11) is 0. The van der Waals surface area contributed by atoms with E-state index in [1.165, 1.54) is 29.8 Å². The maximum atomic E-state index is 12.1. The summed E-state index contributed by atoms with van der Waals surface area (Å²) in [5.41, 5.74) is 2.24. The Labute approximate surface area is 127 Å². The number of amides is 1. The highest BCUT2D eigenvalue weighted by Crippen LogP contribution is 2.19. The minimum Gasteiger partial charge on any atom is -0.435 e. The van der Waals surface area contributed by atoms with E-state index in [1.54, 1.807) is 0 Å². The van der Waals surface area contributed by atoms with Crippen molar-refractivity contribution in [3.8, 4) is 5.75 Å². The van der Waals surface area contributed by atoms with Gasteiger partial charge in [-0.05, 0) is 47.9 Å². The molecular weight excluding hydrogens is 288 g/mol. The third-order valence-corrected chi connectivity index (χ3v) is 3.18. The summed E-state index contributed by atoms with van der Waals surface area (Å²) in [6.07, 6.45) is 0. The third kappa shape index (κ3) is 4.28. The number of benzene rings is 2. The Morgan fingerprint density at radius 2 is 1.59 bits per heavy atom. The van der Waals surface area contributed by atoms with Crippen LogP contribution in [0.4, 0.5) is 14.5 Å². The Kier molecular flexibility index (Phi) is 5.09. The molecule has 2 aromatic carbocycles. The highest BCUT2D eigenvalue weighted by atomic mass is 19.3. The maximum absolute atomic E-state index is 12.1. The zero-order valence-electron chi connectivity index (χ0n) is 12.3. The number of carbonyl (C=O) groups excluding carboxylic acids is 1. The fraction of sp³-hybridized carbons (Fsp3) is 0.235. The molecule has 0 aliphatic rings. The molecule has 0 radical (unpaired) electrons. The molecule has 5 heteroatoms. The minimum absolute atomic E-state index is 0.0211. The van der Waals surface area contributed by atoms with E-state index >= 15 is 0 Å². The van der Waals surface area contributed by atoms with Crippen LogP contribution in [0.25, 0.3) is 0 Å². The standard InChI is InChI=1S/C17H17F2NO2/c1-11(2)12-3-7-14(8-4-12)20-16(21)13-5-9-15(10-6-13)22-17(18)19/h3-11,17H,1-2H3,(H,20,21). The number of nitrogens with one attached hydrogen (secondary N) is 1. The SMILES string of the molecule is CC(C)c1ccc(NC(=O)c2ccc(OC(F)F)cc2)cc1. The van der Waals surface area contributed by atoms with Crippen molar-refractivity contribution in [2.24, 2.45) is 0 Å². The normalized spacial score (nSPS) is 10.8. The number of alkyl halides is 2. The summed E-state index contributed by atoms with van der Waals surface area (Å²) in [5.74, 6) is 0.140. The smallest absolute Gasteiger partial charge is 0.387 e. The first-order chi connectivity index (χ1) is 10.5. The molecule has 1 N–H and O–H groups in total. The van der Waals surface area contributed by atoms with E-state index in [0.29, 0.717) is 17.2 Å². The molecule has 0 aliphatic carbocycles. The van der Waals surface area contributed by atoms with Gasteiger partial charge in [-0.15, -0.1) is 0 Å². The van der Waals surface area contributed by atoms with Crippen LogP contribution in [0, 0.1) is 0 Å². The fourth-order valence-electron chi connectivity index (χ4n) is 1.94. The van der Waals surface area contributed by atoms with Crippen LogP contribution < -0.4 is 10.1 Å². The second-order valence-electron chi connectivity index (χ2n) is 5.13. The van der Waals surface area contributed by atoms with Crippen LogP contribution in [0.15, 0.2) is 48.5 Å². The second-order valence-corrected chi connectivity index (χ2v) is 5.13. The second kappa shape index (κ2) is 7.02. The van der Waals surface area contributed by atoms with E-state index in [9.17, 15) is 13.6 Å². The monoisotopic (exact) mass is 305 g/mol. The Bertz CT molecular complexity index is 622. The number of carbonyl (C=O) groups is 1. The third-order valence-electron chi connectivity index (χ3n) is 3.18. The van der Waals surface area contributed by atoms with Gasteiger partial charge in [0.05, 0.1) is 0 Å². The molecule has 0 spiro atoms. The first kappa shape index (κ1) is 15.9.